The summed E-state index contributed by atoms with van der Waals surface area (Å²) in [6, 6.07) is 16.7. The predicted molar refractivity (Wildman–Crippen MR) is 96.6 cm³/mol. The highest BCUT2D eigenvalue weighted by Gasteiger charge is 2.26. The van der Waals surface area contributed by atoms with E-state index in [1.807, 2.05) is 0 Å². The zero-order valence-corrected chi connectivity index (χ0v) is 14.2. The molecule has 3 aromatic carbocycles. The number of hydrogen-bond acceptors (Lipinski definition) is 3. The summed E-state index contributed by atoms with van der Waals surface area (Å²) in [5, 5.41) is 3.70. The molecule has 0 radical (unpaired) electrons. The monoisotopic (exact) mass is 357 g/mol. The van der Waals surface area contributed by atoms with Crippen molar-refractivity contribution in [3.8, 4) is 5.75 Å². The van der Waals surface area contributed by atoms with E-state index in [4.69, 9.17) is 4.74 Å². The molecule has 7 heteroatoms. The first-order chi connectivity index (χ1) is 11.9. The van der Waals surface area contributed by atoms with Crippen molar-refractivity contribution in [3.63, 3.8) is 0 Å². The minimum atomic E-state index is -4.63. The Bertz CT molecular complexity index is 996. The molecule has 3 rings (SSSR count). The molecule has 0 aliphatic carbocycles. The molecular formula is C18H16NO5P. The highest BCUT2D eigenvalue weighted by molar-refractivity contribution is 7.60. The van der Waals surface area contributed by atoms with Crippen LogP contribution in [0.25, 0.3) is 10.8 Å². The van der Waals surface area contributed by atoms with Crippen LogP contribution in [0.15, 0.2) is 60.7 Å². The van der Waals surface area contributed by atoms with E-state index in [1.54, 1.807) is 48.5 Å². The third-order valence-electron chi connectivity index (χ3n) is 3.78. The third kappa shape index (κ3) is 3.56. The second-order valence-corrected chi connectivity index (χ2v) is 6.98. The molecule has 0 fully saturated rings. The van der Waals surface area contributed by atoms with E-state index in [2.05, 4.69) is 5.32 Å². The van der Waals surface area contributed by atoms with E-state index < -0.39 is 13.5 Å². The van der Waals surface area contributed by atoms with Crippen LogP contribution in [0, 0.1) is 0 Å². The van der Waals surface area contributed by atoms with E-state index in [1.165, 1.54) is 19.2 Å². The summed E-state index contributed by atoms with van der Waals surface area (Å²) in [4.78, 5) is 32.0. The molecule has 0 unspecified atom stereocenters. The molecule has 3 aromatic rings. The van der Waals surface area contributed by atoms with Gasteiger partial charge in [0.1, 0.15) is 5.75 Å². The lowest BCUT2D eigenvalue weighted by atomic mass is 10.1. The van der Waals surface area contributed by atoms with Crippen LogP contribution >= 0.6 is 7.60 Å². The molecule has 128 valence electrons. The standard InChI is InChI=1S/C18H16NO5P/c1-24-16-9-5-4-8-15(16)19-18(20)14-10-12-6-2-3-7-13(12)11-17(14)25(21,22)23/h2-11H,1H3,(H,19,20)(H2,21,22,23). The first-order valence-electron chi connectivity index (χ1n) is 7.43. The Morgan fingerprint density at radius 3 is 2.24 bits per heavy atom. The van der Waals surface area contributed by atoms with Crippen molar-refractivity contribution in [3.05, 3.63) is 66.2 Å². The minimum Gasteiger partial charge on any atom is -0.495 e. The zero-order chi connectivity index (χ0) is 18.0. The Morgan fingerprint density at radius 2 is 1.60 bits per heavy atom. The van der Waals surface area contributed by atoms with Crippen molar-refractivity contribution >= 4 is 35.3 Å². The average Bonchev–Trinajstić information content (AvgIpc) is 2.60. The normalized spacial score (nSPS) is 11.3. The number of ether oxygens (including phenoxy) is 1. The van der Waals surface area contributed by atoms with Gasteiger partial charge in [0, 0.05) is 0 Å². The second-order valence-electron chi connectivity index (χ2n) is 5.41. The molecule has 25 heavy (non-hydrogen) atoms. The minimum absolute atomic E-state index is 0.0714. The number of hydrogen-bond donors (Lipinski definition) is 3. The van der Waals surface area contributed by atoms with Crippen LogP contribution in [0.1, 0.15) is 10.4 Å². The van der Waals surface area contributed by atoms with Gasteiger partial charge >= 0.3 is 7.60 Å². The van der Waals surface area contributed by atoms with E-state index in [0.717, 1.165) is 0 Å². The largest absolute Gasteiger partial charge is 0.495 e. The molecule has 0 atom stereocenters. The van der Waals surface area contributed by atoms with Crippen molar-refractivity contribution in [1.29, 1.82) is 0 Å². The Morgan fingerprint density at radius 1 is 1.00 bits per heavy atom. The second kappa shape index (κ2) is 6.69. The van der Waals surface area contributed by atoms with Gasteiger partial charge in [-0.25, -0.2) is 0 Å². The van der Waals surface area contributed by atoms with Gasteiger partial charge in [0.25, 0.3) is 5.91 Å². The molecule has 1 amide bonds. The van der Waals surface area contributed by atoms with Crippen LogP contribution in [-0.2, 0) is 4.57 Å². The zero-order valence-electron chi connectivity index (χ0n) is 13.3. The number of carbonyl (C=O) groups is 1. The van der Waals surface area contributed by atoms with Crippen molar-refractivity contribution in [2.24, 2.45) is 0 Å². The summed E-state index contributed by atoms with van der Waals surface area (Å²) in [5.74, 6) is -0.164. The van der Waals surface area contributed by atoms with Crippen molar-refractivity contribution in [2.75, 3.05) is 12.4 Å². The first-order valence-corrected chi connectivity index (χ1v) is 9.04. The van der Waals surface area contributed by atoms with Gasteiger partial charge in [-0.2, -0.15) is 0 Å². The molecule has 0 aliphatic heterocycles. The van der Waals surface area contributed by atoms with E-state index in [0.29, 0.717) is 22.2 Å². The van der Waals surface area contributed by atoms with Crippen LogP contribution in [0.5, 0.6) is 5.75 Å². The maximum atomic E-state index is 12.7. The fourth-order valence-electron chi connectivity index (χ4n) is 2.59. The molecule has 0 aromatic heterocycles. The van der Waals surface area contributed by atoms with Gasteiger partial charge in [0.2, 0.25) is 0 Å². The van der Waals surface area contributed by atoms with Gasteiger partial charge in [-0.1, -0.05) is 36.4 Å². The lowest BCUT2D eigenvalue weighted by molar-refractivity contribution is 0.102. The Balaban J connectivity index is 2.10. The maximum absolute atomic E-state index is 12.7. The number of para-hydroxylation sites is 2. The van der Waals surface area contributed by atoms with Gasteiger partial charge in [-0.15, -0.1) is 0 Å². The molecular weight excluding hydrogens is 341 g/mol. The number of nitrogens with one attached hydrogen (secondary N) is 1. The van der Waals surface area contributed by atoms with Crippen LogP contribution < -0.4 is 15.4 Å². The number of amides is 1. The van der Waals surface area contributed by atoms with Crippen LogP contribution in [0.2, 0.25) is 0 Å². The van der Waals surface area contributed by atoms with Crippen molar-refractivity contribution in [1.82, 2.24) is 0 Å². The van der Waals surface area contributed by atoms with E-state index in [-0.39, 0.29) is 10.9 Å². The van der Waals surface area contributed by atoms with Crippen LogP contribution in [0.3, 0.4) is 0 Å². The Hall–Kier alpha value is -2.66. The van der Waals surface area contributed by atoms with Crippen LogP contribution in [0.4, 0.5) is 5.69 Å². The van der Waals surface area contributed by atoms with Gasteiger partial charge in [0.15, 0.2) is 0 Å². The van der Waals surface area contributed by atoms with Gasteiger partial charge in [0.05, 0.1) is 23.7 Å². The summed E-state index contributed by atoms with van der Waals surface area (Å²) in [6.45, 7) is 0. The fraction of sp³-hybridized carbons (Fsp3) is 0.0556. The highest BCUT2D eigenvalue weighted by atomic mass is 31.2. The van der Waals surface area contributed by atoms with Crippen LogP contribution in [-0.4, -0.2) is 22.8 Å². The number of anilines is 1. The highest BCUT2D eigenvalue weighted by Crippen LogP contribution is 2.36. The first kappa shape index (κ1) is 17.2. The quantitative estimate of drug-likeness (QED) is 0.624. The summed E-state index contributed by atoms with van der Waals surface area (Å²) in [7, 11) is -3.16. The number of methoxy groups -OCH3 is 1. The molecule has 6 nitrogen and oxygen atoms in total. The number of benzene rings is 3. The van der Waals surface area contributed by atoms with E-state index in [9.17, 15) is 19.1 Å². The molecule has 0 saturated heterocycles. The third-order valence-corrected chi connectivity index (χ3v) is 4.78. The smallest absolute Gasteiger partial charge is 0.357 e. The van der Waals surface area contributed by atoms with Crippen molar-refractivity contribution in [2.45, 2.75) is 0 Å². The van der Waals surface area contributed by atoms with Gasteiger partial charge in [-0.3, -0.25) is 9.36 Å². The number of rotatable bonds is 4. The molecule has 0 spiro atoms. The maximum Gasteiger partial charge on any atom is 0.357 e. The molecule has 0 saturated carbocycles. The predicted octanol–water partition coefficient (Wildman–Crippen LogP) is 2.90. The van der Waals surface area contributed by atoms with E-state index >= 15 is 0 Å². The summed E-state index contributed by atoms with van der Waals surface area (Å²) < 4.78 is 17.0. The van der Waals surface area contributed by atoms with Gasteiger partial charge in [-0.05, 0) is 35.0 Å². The lowest BCUT2D eigenvalue weighted by Crippen LogP contribution is -2.22. The lowest BCUT2D eigenvalue weighted by Gasteiger charge is -2.14. The number of fused-ring (bicyclic) bond motifs is 1. The Labute approximate surface area is 144 Å². The topological polar surface area (TPSA) is 95.9 Å². The average molecular weight is 357 g/mol. The number of carbonyl (C=O) groups excluding carboxylic acids is 1. The molecule has 3 N–H and O–H groups in total. The molecule has 0 aliphatic rings. The SMILES string of the molecule is COc1ccccc1NC(=O)c1cc2ccccc2cc1P(=O)(O)O. The van der Waals surface area contributed by atoms with Crippen molar-refractivity contribution < 1.29 is 23.9 Å². The summed E-state index contributed by atoms with van der Waals surface area (Å²) >= 11 is 0. The fourth-order valence-corrected chi connectivity index (χ4v) is 3.38. The summed E-state index contributed by atoms with van der Waals surface area (Å²) in [6.07, 6.45) is 0. The molecule has 0 heterocycles. The van der Waals surface area contributed by atoms with Gasteiger partial charge < -0.3 is 19.8 Å². The summed E-state index contributed by atoms with van der Waals surface area (Å²) in [5.41, 5.74) is 0.345. The molecule has 0 bridgehead atoms. The Kier molecular flexibility index (Phi) is 4.59.